The van der Waals surface area contributed by atoms with Gasteiger partial charge in [0, 0.05) is 30.6 Å². The first-order chi connectivity index (χ1) is 20.2. The molecule has 10 nitrogen and oxygen atoms in total. The van der Waals surface area contributed by atoms with Crippen LogP contribution >= 0.6 is 0 Å². The number of nitrogens with one attached hydrogen (secondary N) is 1. The van der Waals surface area contributed by atoms with E-state index >= 15 is 4.39 Å². The molecule has 7 rings (SSSR count). The maximum Gasteiger partial charge on any atom is 0.418 e. The van der Waals surface area contributed by atoms with Crippen molar-refractivity contribution >= 4 is 22.5 Å². The first kappa shape index (κ1) is 28.1. The molecule has 3 aliphatic heterocycles. The fourth-order valence-electron chi connectivity index (χ4n) is 6.73. The van der Waals surface area contributed by atoms with Crippen molar-refractivity contribution in [3.63, 3.8) is 0 Å². The molecule has 5 atom stereocenters. The van der Waals surface area contributed by atoms with Crippen molar-refractivity contribution in [2.45, 2.75) is 69.4 Å². The third-order valence-electron chi connectivity index (χ3n) is 8.98. The van der Waals surface area contributed by atoms with Gasteiger partial charge in [0.2, 0.25) is 5.88 Å². The van der Waals surface area contributed by atoms with Crippen LogP contribution in [0.1, 0.15) is 37.4 Å². The number of ether oxygens (including phenoxy) is 2. The van der Waals surface area contributed by atoms with E-state index in [1.165, 1.54) is 0 Å². The summed E-state index contributed by atoms with van der Waals surface area (Å²) in [5.41, 5.74) is 0.393. The zero-order chi connectivity index (χ0) is 30.6. The van der Waals surface area contributed by atoms with Gasteiger partial charge in [-0.3, -0.25) is 0 Å². The Morgan fingerprint density at radius 1 is 1.21 bits per heavy atom. The number of nitrogens with zero attached hydrogens (tertiary/aromatic N) is 5. The molecule has 1 aliphatic carbocycles. The lowest BCUT2D eigenvalue weighted by Gasteiger charge is -2.42. The van der Waals surface area contributed by atoms with Gasteiger partial charge in [-0.25, -0.2) is 23.1 Å². The second kappa shape index (κ2) is 9.17. The Hall–Kier alpha value is -3.66. The number of aliphatic hydroxyl groups is 1. The van der Waals surface area contributed by atoms with Crippen LogP contribution < -0.4 is 25.4 Å². The summed E-state index contributed by atoms with van der Waals surface area (Å²) in [6, 6.07) is 0.129. The topological polar surface area (TPSA) is 132 Å². The van der Waals surface area contributed by atoms with Crippen molar-refractivity contribution in [3.05, 3.63) is 23.1 Å². The predicted octanol–water partition coefficient (Wildman–Crippen LogP) is 3.62. The van der Waals surface area contributed by atoms with Gasteiger partial charge >= 0.3 is 12.2 Å². The number of piperazine rings is 1. The second-order valence-corrected chi connectivity index (χ2v) is 11.8. The number of rotatable bonds is 5. The van der Waals surface area contributed by atoms with E-state index in [0.29, 0.717) is 6.54 Å². The van der Waals surface area contributed by atoms with Crippen LogP contribution in [-0.4, -0.2) is 75.0 Å². The molecule has 230 valence electrons. The van der Waals surface area contributed by atoms with E-state index < -0.39 is 83.1 Å². The van der Waals surface area contributed by atoms with E-state index in [1.807, 2.05) is 4.90 Å². The minimum atomic E-state index is -4.93. The molecule has 0 radical (unpaired) electrons. The number of anilines is 2. The van der Waals surface area contributed by atoms with Crippen LogP contribution in [0.4, 0.5) is 38.0 Å². The van der Waals surface area contributed by atoms with Crippen LogP contribution in [-0.2, 0) is 6.18 Å². The van der Waals surface area contributed by atoms with E-state index in [9.17, 15) is 27.1 Å². The van der Waals surface area contributed by atoms with Crippen molar-refractivity contribution in [1.29, 1.82) is 0 Å². The molecule has 0 amide bonds. The summed E-state index contributed by atoms with van der Waals surface area (Å²) < 4.78 is 99.0. The number of hydrogen-bond donors (Lipinski definition) is 3. The second-order valence-electron chi connectivity index (χ2n) is 11.8. The predicted molar refractivity (Wildman–Crippen MR) is 140 cm³/mol. The monoisotopic (exact) mass is 611 g/mol. The van der Waals surface area contributed by atoms with Gasteiger partial charge in [-0.1, -0.05) is 0 Å². The number of alkyl halides is 5. The number of fused-ring (bicyclic) bond motifs is 5. The number of hydrogen-bond acceptors (Lipinski definition) is 10. The van der Waals surface area contributed by atoms with Gasteiger partial charge in [0.05, 0.1) is 29.3 Å². The lowest BCUT2D eigenvalue weighted by Crippen LogP contribution is -2.62. The Morgan fingerprint density at radius 3 is 2.63 bits per heavy atom. The highest BCUT2D eigenvalue weighted by Crippen LogP contribution is 2.60. The van der Waals surface area contributed by atoms with Gasteiger partial charge in [-0.2, -0.15) is 23.1 Å². The molecule has 43 heavy (non-hydrogen) atoms. The average Bonchev–Trinajstić information content (AvgIpc) is 3.34. The normalized spacial score (nSPS) is 28.8. The summed E-state index contributed by atoms with van der Waals surface area (Å²) in [7, 11) is 0. The molecule has 3 fully saturated rings. The van der Waals surface area contributed by atoms with Crippen molar-refractivity contribution in [2.75, 3.05) is 30.4 Å². The molecule has 1 saturated carbocycles. The third-order valence-corrected chi connectivity index (χ3v) is 8.98. The molecule has 3 aromatic rings. The molecule has 6 heterocycles. The van der Waals surface area contributed by atoms with Crippen molar-refractivity contribution in [1.82, 2.24) is 25.3 Å². The Labute approximate surface area is 240 Å². The lowest BCUT2D eigenvalue weighted by atomic mass is 9.99. The van der Waals surface area contributed by atoms with Crippen LogP contribution in [0.25, 0.3) is 22.2 Å². The summed E-state index contributed by atoms with van der Waals surface area (Å²) >= 11 is 0. The molecule has 0 aromatic carbocycles. The third kappa shape index (κ3) is 4.24. The molecule has 4 aliphatic rings. The first-order valence-corrected chi connectivity index (χ1v) is 13.8. The van der Waals surface area contributed by atoms with Crippen LogP contribution in [0.2, 0.25) is 0 Å². The largest absolute Gasteiger partial charge is 0.472 e. The van der Waals surface area contributed by atoms with Crippen molar-refractivity contribution in [2.24, 2.45) is 5.41 Å². The van der Waals surface area contributed by atoms with Crippen LogP contribution in [0.5, 0.6) is 11.9 Å². The van der Waals surface area contributed by atoms with Gasteiger partial charge in [-0.15, -0.1) is 0 Å². The standard InChI is InChI=1S/C27H27F6N7O3/c1-10-17(27(31,32)33)13(5-15(34)35-10)19-18(28)20-16-22(39-24(38-20)42-9-25(8-41)7-26(25,29)30)40-6-12-3-4-14(36-12)21(40)11(2)43-23(16)37-19/h5,11-12,14,21,36,41H,3-4,6-9H2,1-2H3,(H2,34,35)/t11-,12+,14-,21+,25?/m0/s1. The summed E-state index contributed by atoms with van der Waals surface area (Å²) in [4.78, 5) is 18.5. The van der Waals surface area contributed by atoms with Gasteiger partial charge in [0.15, 0.2) is 5.82 Å². The van der Waals surface area contributed by atoms with Crippen molar-refractivity contribution in [3.8, 4) is 23.1 Å². The van der Waals surface area contributed by atoms with Gasteiger partial charge in [0.1, 0.15) is 40.9 Å². The summed E-state index contributed by atoms with van der Waals surface area (Å²) in [6.07, 6.45) is -4.42. The van der Waals surface area contributed by atoms with Crippen LogP contribution in [0, 0.1) is 18.2 Å². The fraction of sp³-hybridized carbons (Fsp3) is 0.556. The Bertz CT molecular complexity index is 1660. The van der Waals surface area contributed by atoms with Gasteiger partial charge in [0.25, 0.3) is 5.92 Å². The Balaban J connectivity index is 1.46. The van der Waals surface area contributed by atoms with E-state index in [4.69, 9.17) is 15.2 Å². The molecule has 3 aromatic heterocycles. The number of aryl methyl sites for hydroxylation is 1. The van der Waals surface area contributed by atoms with E-state index in [-0.39, 0.29) is 41.0 Å². The van der Waals surface area contributed by atoms with Gasteiger partial charge in [-0.05, 0) is 32.8 Å². The lowest BCUT2D eigenvalue weighted by molar-refractivity contribution is -0.137. The molecule has 16 heteroatoms. The minimum Gasteiger partial charge on any atom is -0.472 e. The molecule has 2 bridgehead atoms. The average molecular weight is 612 g/mol. The zero-order valence-corrected chi connectivity index (χ0v) is 23.0. The first-order valence-electron chi connectivity index (χ1n) is 13.8. The number of aromatic nitrogens is 4. The number of nitrogen functional groups attached to an aromatic ring is 1. The fourth-order valence-corrected chi connectivity index (χ4v) is 6.73. The SMILES string of the molecule is Cc1nc(N)cc(-c2nc3c4c(nc(OCC5(CO)CC5(F)F)nc4c2F)N2C[C@H]4CC[C@H](N4)[C@H]2[C@H](C)O3)c1C(F)(F)F. The molecular formula is C27H27F6N7O3. The maximum absolute atomic E-state index is 16.5. The van der Waals surface area contributed by atoms with E-state index in [0.717, 1.165) is 25.8 Å². The highest BCUT2D eigenvalue weighted by Gasteiger charge is 2.71. The van der Waals surface area contributed by atoms with Crippen molar-refractivity contribution < 1.29 is 40.9 Å². The van der Waals surface area contributed by atoms with Crippen LogP contribution in [0.3, 0.4) is 0 Å². The highest BCUT2D eigenvalue weighted by atomic mass is 19.4. The summed E-state index contributed by atoms with van der Waals surface area (Å²) in [6.45, 7) is 1.81. The molecular weight excluding hydrogens is 584 g/mol. The number of aliphatic hydroxyl groups excluding tert-OH is 1. The summed E-state index contributed by atoms with van der Waals surface area (Å²) in [5.74, 6) is -4.70. The quantitative estimate of drug-likeness (QED) is 0.368. The molecule has 1 unspecified atom stereocenters. The smallest absolute Gasteiger partial charge is 0.418 e. The number of nitrogens with two attached hydrogens (primary N) is 1. The van der Waals surface area contributed by atoms with Crippen LogP contribution in [0.15, 0.2) is 6.07 Å². The van der Waals surface area contributed by atoms with E-state index in [1.54, 1.807) is 6.92 Å². The minimum absolute atomic E-state index is 0.0187. The molecule has 2 saturated heterocycles. The highest BCUT2D eigenvalue weighted by molar-refractivity contribution is 5.97. The summed E-state index contributed by atoms with van der Waals surface area (Å²) in [5, 5.41) is 13.2. The molecule has 0 spiro atoms. The maximum atomic E-state index is 16.5. The number of pyridine rings is 2. The Kier molecular flexibility index (Phi) is 6.00. The molecule has 4 N–H and O–H groups in total. The Morgan fingerprint density at radius 2 is 1.95 bits per heavy atom. The zero-order valence-electron chi connectivity index (χ0n) is 23.0. The van der Waals surface area contributed by atoms with E-state index in [2.05, 4.69) is 25.3 Å². The van der Waals surface area contributed by atoms with Gasteiger partial charge < -0.3 is 30.5 Å². The number of halogens is 6.